The van der Waals surface area contributed by atoms with Crippen LogP contribution < -0.4 is 5.73 Å². The summed E-state index contributed by atoms with van der Waals surface area (Å²) >= 11 is 1.44. The summed E-state index contributed by atoms with van der Waals surface area (Å²) in [5.41, 5.74) is 9.99. The molecule has 1 atom stereocenters. The van der Waals surface area contributed by atoms with Crippen molar-refractivity contribution in [3.63, 3.8) is 0 Å². The molecule has 136 valence electrons. The molecule has 0 radical (unpaired) electrons. The van der Waals surface area contributed by atoms with Crippen LogP contribution in [0.3, 0.4) is 0 Å². The van der Waals surface area contributed by atoms with Gasteiger partial charge in [-0.25, -0.2) is 15.0 Å². The number of nitrogen functional groups attached to an aromatic ring is 1. The zero-order valence-corrected chi connectivity index (χ0v) is 16.1. The van der Waals surface area contributed by atoms with Gasteiger partial charge in [-0.15, -0.1) is 11.3 Å². The smallest absolute Gasteiger partial charge is 0.127 e. The summed E-state index contributed by atoms with van der Waals surface area (Å²) in [6, 6.07) is 2.10. The molecule has 0 spiro atoms. The van der Waals surface area contributed by atoms with Gasteiger partial charge in [0.15, 0.2) is 0 Å². The van der Waals surface area contributed by atoms with Crippen molar-refractivity contribution in [1.29, 1.82) is 0 Å². The number of nitrogens with two attached hydrogens (primary N) is 1. The third kappa shape index (κ3) is 3.36. The highest BCUT2D eigenvalue weighted by molar-refractivity contribution is 7.87. The van der Waals surface area contributed by atoms with E-state index in [0.717, 1.165) is 44.9 Å². The van der Waals surface area contributed by atoms with Crippen LogP contribution in [0.4, 0.5) is 5.69 Å². The Bertz CT molecular complexity index is 955. The molecule has 0 aromatic carbocycles. The van der Waals surface area contributed by atoms with Crippen molar-refractivity contribution in [2.45, 2.75) is 29.4 Å². The normalized spacial score (nSPS) is 15.4. The second-order valence-corrected chi connectivity index (χ2v) is 9.14. The maximum atomic E-state index is 12.7. The minimum Gasteiger partial charge on any atom is -0.396 e. The van der Waals surface area contributed by atoms with E-state index in [9.17, 15) is 4.21 Å². The number of fused-ring (bicyclic) bond motifs is 1. The number of rotatable bonds is 7. The van der Waals surface area contributed by atoms with Crippen LogP contribution in [0.2, 0.25) is 0 Å². The van der Waals surface area contributed by atoms with E-state index in [0.29, 0.717) is 24.0 Å². The second kappa shape index (κ2) is 7.38. The molecule has 6 nitrogen and oxygen atoms in total. The van der Waals surface area contributed by atoms with Crippen molar-refractivity contribution in [3.8, 4) is 11.3 Å². The molecule has 1 aliphatic rings. The van der Waals surface area contributed by atoms with E-state index in [2.05, 4.69) is 16.0 Å². The van der Waals surface area contributed by atoms with Crippen molar-refractivity contribution < 1.29 is 8.95 Å². The fraction of sp³-hybridized carbons (Fsp3) is 0.389. The Morgan fingerprint density at radius 2 is 2.12 bits per heavy atom. The minimum absolute atomic E-state index is 0.510. The molecule has 0 saturated heterocycles. The Kier molecular flexibility index (Phi) is 4.97. The third-order valence-electron chi connectivity index (χ3n) is 4.45. The summed E-state index contributed by atoms with van der Waals surface area (Å²) in [6.07, 6.45) is 8.09. The lowest BCUT2D eigenvalue weighted by Crippen LogP contribution is -2.02. The topological polar surface area (TPSA) is 91.0 Å². The first kappa shape index (κ1) is 17.5. The predicted octanol–water partition coefficient (Wildman–Crippen LogP) is 3.36. The Labute approximate surface area is 158 Å². The highest BCUT2D eigenvalue weighted by Gasteiger charge is 2.29. The lowest BCUT2D eigenvalue weighted by Gasteiger charge is -2.07. The van der Waals surface area contributed by atoms with Gasteiger partial charge in [-0.1, -0.05) is 0 Å². The van der Waals surface area contributed by atoms with Crippen molar-refractivity contribution in [1.82, 2.24) is 15.0 Å². The molecule has 26 heavy (non-hydrogen) atoms. The van der Waals surface area contributed by atoms with Gasteiger partial charge in [0.1, 0.15) is 15.4 Å². The highest BCUT2D eigenvalue weighted by Crippen LogP contribution is 2.48. The van der Waals surface area contributed by atoms with E-state index in [1.165, 1.54) is 23.2 Å². The van der Waals surface area contributed by atoms with Crippen LogP contribution in [-0.4, -0.2) is 38.6 Å². The Hall–Kier alpha value is -1.90. The van der Waals surface area contributed by atoms with E-state index >= 15 is 0 Å². The van der Waals surface area contributed by atoms with E-state index in [-0.39, 0.29) is 0 Å². The lowest BCUT2D eigenvalue weighted by atomic mass is 10.0. The molecule has 8 heteroatoms. The maximum Gasteiger partial charge on any atom is 0.127 e. The number of ether oxygens (including phenoxy) is 1. The Morgan fingerprint density at radius 3 is 2.81 bits per heavy atom. The van der Waals surface area contributed by atoms with Crippen molar-refractivity contribution >= 4 is 38.0 Å². The van der Waals surface area contributed by atoms with Crippen LogP contribution in [0.15, 0.2) is 29.0 Å². The number of methoxy groups -OCH3 is 1. The highest BCUT2D eigenvalue weighted by atomic mass is 32.2. The number of hydrogen-bond acceptors (Lipinski definition) is 7. The average Bonchev–Trinajstić information content (AvgIpc) is 3.46. The van der Waals surface area contributed by atoms with E-state index in [1.54, 1.807) is 19.5 Å². The van der Waals surface area contributed by atoms with Gasteiger partial charge in [-0.3, -0.25) is 4.21 Å². The predicted molar refractivity (Wildman–Crippen MR) is 105 cm³/mol. The summed E-state index contributed by atoms with van der Waals surface area (Å²) in [4.78, 5) is 13.8. The largest absolute Gasteiger partial charge is 0.396 e. The zero-order valence-electron chi connectivity index (χ0n) is 14.5. The number of hydrogen-bond donors (Lipinski definition) is 1. The lowest BCUT2D eigenvalue weighted by molar-refractivity contribution is 0.200. The van der Waals surface area contributed by atoms with Gasteiger partial charge in [0, 0.05) is 42.8 Å². The van der Waals surface area contributed by atoms with Crippen LogP contribution >= 0.6 is 11.3 Å². The van der Waals surface area contributed by atoms with Crippen LogP contribution in [0, 0.1) is 0 Å². The average molecular weight is 389 g/mol. The van der Waals surface area contributed by atoms with Crippen molar-refractivity contribution in [2.75, 3.05) is 25.2 Å². The van der Waals surface area contributed by atoms with Crippen LogP contribution in [0.1, 0.15) is 30.7 Å². The van der Waals surface area contributed by atoms with Gasteiger partial charge in [-0.05, 0) is 36.8 Å². The van der Waals surface area contributed by atoms with Gasteiger partial charge in [0.2, 0.25) is 0 Å². The SMILES string of the molecule is COCCCS(=O)c1sc2nc(-c3cncnc3)cc(C3CC3)c2c1N. The Balaban J connectivity index is 1.79. The summed E-state index contributed by atoms with van der Waals surface area (Å²) < 4.78 is 18.5. The number of anilines is 1. The van der Waals surface area contributed by atoms with Crippen LogP contribution in [0.25, 0.3) is 21.5 Å². The van der Waals surface area contributed by atoms with E-state index < -0.39 is 10.8 Å². The minimum atomic E-state index is -1.13. The molecule has 0 amide bonds. The van der Waals surface area contributed by atoms with Crippen molar-refractivity contribution in [3.05, 3.63) is 30.4 Å². The summed E-state index contributed by atoms with van der Waals surface area (Å²) in [7, 11) is 0.518. The fourth-order valence-corrected chi connectivity index (χ4v) is 5.65. The summed E-state index contributed by atoms with van der Waals surface area (Å²) in [5, 5.41) is 0.980. The van der Waals surface area contributed by atoms with Gasteiger partial charge in [0.05, 0.1) is 22.2 Å². The molecule has 0 bridgehead atoms. The fourth-order valence-electron chi connectivity index (χ4n) is 3.02. The van der Waals surface area contributed by atoms with Gasteiger partial charge in [0.25, 0.3) is 0 Å². The molecular weight excluding hydrogens is 368 g/mol. The van der Waals surface area contributed by atoms with Gasteiger partial charge in [-0.2, -0.15) is 0 Å². The van der Waals surface area contributed by atoms with Crippen LogP contribution in [0.5, 0.6) is 0 Å². The number of pyridine rings is 1. The number of aromatic nitrogens is 3. The molecule has 1 saturated carbocycles. The molecule has 3 heterocycles. The second-order valence-electron chi connectivity index (χ2n) is 6.38. The molecule has 1 unspecified atom stereocenters. The van der Waals surface area contributed by atoms with Crippen LogP contribution in [-0.2, 0) is 15.5 Å². The Morgan fingerprint density at radius 1 is 1.35 bits per heavy atom. The monoisotopic (exact) mass is 388 g/mol. The van der Waals surface area contributed by atoms with E-state index in [4.69, 9.17) is 15.5 Å². The summed E-state index contributed by atoms with van der Waals surface area (Å²) in [6.45, 7) is 0.597. The molecule has 3 aromatic rings. The first-order valence-corrected chi connectivity index (χ1v) is 10.7. The van der Waals surface area contributed by atoms with Gasteiger partial charge >= 0.3 is 0 Å². The van der Waals surface area contributed by atoms with Crippen molar-refractivity contribution in [2.24, 2.45) is 0 Å². The summed E-state index contributed by atoms with van der Waals surface area (Å²) in [5.74, 6) is 1.05. The molecule has 3 aromatic heterocycles. The zero-order chi connectivity index (χ0) is 18.1. The standard InChI is InChI=1S/C18H20N4O2S2/c1-24-5-2-6-26(23)18-16(19)15-13(11-3-4-11)7-14(22-17(15)25-18)12-8-20-10-21-9-12/h7-11H,2-6,19H2,1H3. The third-order valence-corrected chi connectivity index (χ3v) is 7.45. The number of thiophene rings is 1. The molecule has 1 fully saturated rings. The first-order valence-electron chi connectivity index (χ1n) is 8.54. The molecule has 4 rings (SSSR count). The number of nitrogens with zero attached hydrogens (tertiary/aromatic N) is 3. The quantitative estimate of drug-likeness (QED) is 0.624. The molecule has 1 aliphatic carbocycles. The molecular formula is C18H20N4O2S2. The van der Waals surface area contributed by atoms with Gasteiger partial charge < -0.3 is 10.5 Å². The molecule has 2 N–H and O–H groups in total. The molecule has 0 aliphatic heterocycles. The maximum absolute atomic E-state index is 12.7. The first-order chi connectivity index (χ1) is 12.7. The van der Waals surface area contributed by atoms with E-state index in [1.807, 2.05) is 0 Å².